The Morgan fingerprint density at radius 3 is 2.53 bits per heavy atom. The summed E-state index contributed by atoms with van der Waals surface area (Å²) in [6.45, 7) is 4.40. The molecular formula is C14H21FN2O2. The van der Waals surface area contributed by atoms with E-state index in [-0.39, 0.29) is 12.2 Å². The number of carbonyl (C=O) groups is 1. The molecule has 0 atom stereocenters. The highest BCUT2D eigenvalue weighted by Crippen LogP contribution is 2.15. The van der Waals surface area contributed by atoms with Crippen molar-refractivity contribution in [2.24, 2.45) is 11.5 Å². The van der Waals surface area contributed by atoms with E-state index < -0.39 is 17.3 Å². The van der Waals surface area contributed by atoms with Crippen molar-refractivity contribution in [3.63, 3.8) is 0 Å². The summed E-state index contributed by atoms with van der Waals surface area (Å²) in [5, 5.41) is 0. The minimum absolute atomic E-state index is 0.0753. The fraction of sp³-hybridized carbons (Fsp3) is 0.500. The van der Waals surface area contributed by atoms with Crippen molar-refractivity contribution in [1.29, 1.82) is 0 Å². The minimum atomic E-state index is -0.587. The minimum Gasteiger partial charge on any atom is -0.375 e. The summed E-state index contributed by atoms with van der Waals surface area (Å²) >= 11 is 0. The van der Waals surface area contributed by atoms with Crippen molar-refractivity contribution in [2.75, 3.05) is 6.61 Å². The van der Waals surface area contributed by atoms with Gasteiger partial charge in [0.05, 0.1) is 13.2 Å². The molecule has 5 heteroatoms. The third-order valence-electron chi connectivity index (χ3n) is 3.39. The molecule has 106 valence electrons. The molecule has 19 heavy (non-hydrogen) atoms. The molecule has 0 aliphatic heterocycles. The van der Waals surface area contributed by atoms with Crippen molar-refractivity contribution in [3.8, 4) is 0 Å². The molecule has 1 aromatic carbocycles. The summed E-state index contributed by atoms with van der Waals surface area (Å²) in [6, 6.07) is 3.98. The van der Waals surface area contributed by atoms with Gasteiger partial charge in [0.1, 0.15) is 5.82 Å². The molecule has 4 N–H and O–H groups in total. The van der Waals surface area contributed by atoms with Gasteiger partial charge in [-0.15, -0.1) is 0 Å². The van der Waals surface area contributed by atoms with E-state index >= 15 is 0 Å². The van der Waals surface area contributed by atoms with Crippen LogP contribution in [0.15, 0.2) is 18.2 Å². The molecule has 0 unspecified atom stereocenters. The largest absolute Gasteiger partial charge is 0.375 e. The fourth-order valence-electron chi connectivity index (χ4n) is 1.66. The average molecular weight is 268 g/mol. The van der Waals surface area contributed by atoms with Gasteiger partial charge in [0.2, 0.25) is 5.91 Å². The molecule has 0 aliphatic rings. The molecule has 0 bridgehead atoms. The van der Waals surface area contributed by atoms with E-state index in [2.05, 4.69) is 0 Å². The van der Waals surface area contributed by atoms with E-state index in [1.807, 2.05) is 13.8 Å². The molecule has 1 amide bonds. The maximum atomic E-state index is 13.6. The van der Waals surface area contributed by atoms with Gasteiger partial charge in [-0.1, -0.05) is 13.8 Å². The highest BCUT2D eigenvalue weighted by molar-refractivity contribution is 5.92. The number of hydrogen-bond acceptors (Lipinski definition) is 3. The predicted octanol–water partition coefficient (Wildman–Crippen LogP) is 1.96. The topological polar surface area (TPSA) is 78.3 Å². The highest BCUT2D eigenvalue weighted by Gasteiger charge is 2.20. The van der Waals surface area contributed by atoms with E-state index in [9.17, 15) is 9.18 Å². The van der Waals surface area contributed by atoms with Crippen LogP contribution in [0.25, 0.3) is 0 Å². The summed E-state index contributed by atoms with van der Waals surface area (Å²) < 4.78 is 19.0. The van der Waals surface area contributed by atoms with E-state index in [4.69, 9.17) is 16.2 Å². The van der Waals surface area contributed by atoms with Crippen molar-refractivity contribution in [1.82, 2.24) is 0 Å². The Balaban J connectivity index is 2.67. The number of primary amides is 1. The van der Waals surface area contributed by atoms with Gasteiger partial charge >= 0.3 is 0 Å². The lowest BCUT2D eigenvalue weighted by atomic mass is 9.96. The van der Waals surface area contributed by atoms with Crippen LogP contribution in [-0.4, -0.2) is 18.1 Å². The normalized spacial score (nSPS) is 11.6. The second-order valence-corrected chi connectivity index (χ2v) is 4.73. The third kappa shape index (κ3) is 4.29. The zero-order valence-corrected chi connectivity index (χ0v) is 11.4. The van der Waals surface area contributed by atoms with Gasteiger partial charge in [-0.05, 0) is 31.0 Å². The van der Waals surface area contributed by atoms with Gasteiger partial charge in [-0.25, -0.2) is 4.39 Å². The van der Waals surface area contributed by atoms with Crippen LogP contribution in [0.2, 0.25) is 0 Å². The van der Waals surface area contributed by atoms with Gasteiger partial charge in [-0.2, -0.15) is 0 Å². The summed E-state index contributed by atoms with van der Waals surface area (Å²) in [5.74, 6) is -1.00. The maximum absolute atomic E-state index is 13.6. The summed E-state index contributed by atoms with van der Waals surface area (Å²) in [6.07, 6.45) is 1.57. The zero-order chi connectivity index (χ0) is 14.5. The lowest BCUT2D eigenvalue weighted by Gasteiger charge is -2.26. The molecule has 0 aromatic heterocycles. The van der Waals surface area contributed by atoms with Gasteiger partial charge in [-0.3, -0.25) is 4.79 Å². The lowest BCUT2D eigenvalue weighted by Crippen LogP contribution is -2.43. The van der Waals surface area contributed by atoms with Crippen LogP contribution in [0, 0.1) is 5.82 Å². The van der Waals surface area contributed by atoms with Gasteiger partial charge in [0.15, 0.2) is 0 Å². The molecule has 0 saturated heterocycles. The Bertz CT molecular complexity index is 445. The molecule has 0 fully saturated rings. The second kappa shape index (κ2) is 6.63. The van der Waals surface area contributed by atoms with Crippen LogP contribution < -0.4 is 11.5 Å². The first-order valence-electron chi connectivity index (χ1n) is 6.36. The number of rotatable bonds is 7. The Kier molecular flexibility index (Phi) is 5.44. The van der Waals surface area contributed by atoms with E-state index in [1.54, 1.807) is 0 Å². The second-order valence-electron chi connectivity index (χ2n) is 4.73. The summed E-state index contributed by atoms with van der Waals surface area (Å²) in [7, 11) is 0. The summed E-state index contributed by atoms with van der Waals surface area (Å²) in [5.41, 5.74) is 11.4. The van der Waals surface area contributed by atoms with Crippen LogP contribution in [-0.2, 0) is 11.3 Å². The summed E-state index contributed by atoms with van der Waals surface area (Å²) in [4.78, 5) is 11.0. The third-order valence-corrected chi connectivity index (χ3v) is 3.39. The Labute approximate surface area is 112 Å². The molecule has 1 aromatic rings. The first-order valence-corrected chi connectivity index (χ1v) is 6.36. The van der Waals surface area contributed by atoms with Crippen molar-refractivity contribution in [2.45, 2.75) is 38.8 Å². The predicted molar refractivity (Wildman–Crippen MR) is 72.1 cm³/mol. The SMILES string of the molecule is CCC(N)(CC)COCc1cc(C(N)=O)ccc1F. The van der Waals surface area contributed by atoms with Crippen LogP contribution >= 0.6 is 0 Å². The van der Waals surface area contributed by atoms with Crippen LogP contribution in [0.3, 0.4) is 0 Å². The van der Waals surface area contributed by atoms with Crippen molar-refractivity contribution < 1.29 is 13.9 Å². The molecule has 0 spiro atoms. The van der Waals surface area contributed by atoms with Crippen molar-refractivity contribution in [3.05, 3.63) is 35.1 Å². The van der Waals surface area contributed by atoms with Gasteiger partial charge in [0.25, 0.3) is 0 Å². The maximum Gasteiger partial charge on any atom is 0.248 e. The highest BCUT2D eigenvalue weighted by atomic mass is 19.1. The number of ether oxygens (including phenoxy) is 1. The lowest BCUT2D eigenvalue weighted by molar-refractivity contribution is 0.0679. The zero-order valence-electron chi connectivity index (χ0n) is 11.4. The molecule has 0 heterocycles. The number of amides is 1. The Morgan fingerprint density at radius 1 is 1.37 bits per heavy atom. The fourth-order valence-corrected chi connectivity index (χ4v) is 1.66. The monoisotopic (exact) mass is 268 g/mol. The number of halogens is 1. The molecule has 1 rings (SSSR count). The van der Waals surface area contributed by atoms with Crippen LogP contribution in [0.5, 0.6) is 0 Å². The van der Waals surface area contributed by atoms with Crippen LogP contribution in [0.1, 0.15) is 42.6 Å². The molecule has 4 nitrogen and oxygen atoms in total. The smallest absolute Gasteiger partial charge is 0.248 e. The molecule has 0 saturated carbocycles. The number of benzene rings is 1. The van der Waals surface area contributed by atoms with Crippen molar-refractivity contribution >= 4 is 5.91 Å². The molecular weight excluding hydrogens is 247 g/mol. The van der Waals surface area contributed by atoms with E-state index in [0.717, 1.165) is 12.8 Å². The van der Waals surface area contributed by atoms with Crippen LogP contribution in [0.4, 0.5) is 4.39 Å². The first-order chi connectivity index (χ1) is 8.91. The van der Waals surface area contributed by atoms with Gasteiger partial charge in [0, 0.05) is 16.7 Å². The standard InChI is InChI=1S/C14H21FN2O2/c1-3-14(17,4-2)9-19-8-11-7-10(13(16)18)5-6-12(11)15/h5-7H,3-4,8-9,17H2,1-2H3,(H2,16,18). The van der Waals surface area contributed by atoms with E-state index in [0.29, 0.717) is 12.2 Å². The van der Waals surface area contributed by atoms with E-state index in [1.165, 1.54) is 18.2 Å². The number of hydrogen-bond donors (Lipinski definition) is 2. The number of nitrogens with two attached hydrogens (primary N) is 2. The Morgan fingerprint density at radius 2 is 2.00 bits per heavy atom. The quantitative estimate of drug-likeness (QED) is 0.793. The average Bonchev–Trinajstić information content (AvgIpc) is 2.40. The molecule has 0 radical (unpaired) electrons. The van der Waals surface area contributed by atoms with Gasteiger partial charge < -0.3 is 16.2 Å². The Hall–Kier alpha value is -1.46. The number of carbonyl (C=O) groups excluding carboxylic acids is 1. The first kappa shape index (κ1) is 15.6. The molecule has 0 aliphatic carbocycles.